The summed E-state index contributed by atoms with van der Waals surface area (Å²) in [6.45, 7) is 11.6. The van der Waals surface area contributed by atoms with Gasteiger partial charge >= 0.3 is 6.09 Å². The van der Waals surface area contributed by atoms with Crippen molar-refractivity contribution in [3.8, 4) is 17.0 Å². The third kappa shape index (κ3) is 5.60. The van der Waals surface area contributed by atoms with E-state index in [1.807, 2.05) is 76.2 Å². The average Bonchev–Trinajstić information content (AvgIpc) is 2.79. The first-order valence-corrected chi connectivity index (χ1v) is 11.5. The summed E-state index contributed by atoms with van der Waals surface area (Å²) in [6.07, 6.45) is -0.251. The number of hydrogen-bond donors (Lipinski definition) is 0. The number of carbonyl (C=O) groups is 1. The highest BCUT2D eigenvalue weighted by atomic mass is 16.6. The van der Waals surface area contributed by atoms with Gasteiger partial charge in [-0.05, 0) is 52.0 Å². The Morgan fingerprint density at radius 1 is 0.939 bits per heavy atom. The van der Waals surface area contributed by atoms with Crippen LogP contribution in [-0.2, 0) is 11.3 Å². The molecule has 0 bridgehead atoms. The topological polar surface area (TPSA) is 67.8 Å². The Bertz CT molecular complexity index is 1120. The smallest absolute Gasteiger partial charge is 0.410 e. The van der Waals surface area contributed by atoms with E-state index in [-0.39, 0.29) is 6.09 Å². The van der Waals surface area contributed by atoms with Crippen LogP contribution in [-0.4, -0.2) is 64.2 Å². The van der Waals surface area contributed by atoms with Gasteiger partial charge in [-0.15, -0.1) is 0 Å². The van der Waals surface area contributed by atoms with E-state index in [1.165, 1.54) is 0 Å². The number of amides is 1. The van der Waals surface area contributed by atoms with Crippen LogP contribution < -0.4 is 4.74 Å². The molecule has 4 rings (SSSR count). The first-order chi connectivity index (χ1) is 15.8. The van der Waals surface area contributed by atoms with Crippen LogP contribution in [0.5, 0.6) is 5.75 Å². The Hall–Kier alpha value is -3.19. The molecule has 174 valence electrons. The molecule has 1 aromatic heterocycles. The van der Waals surface area contributed by atoms with E-state index in [2.05, 4.69) is 4.90 Å². The molecule has 2 heterocycles. The molecular weight excluding hydrogens is 416 g/mol. The molecule has 0 unspecified atom stereocenters. The fourth-order valence-corrected chi connectivity index (χ4v) is 3.93. The zero-order valence-electron chi connectivity index (χ0n) is 19.9. The van der Waals surface area contributed by atoms with E-state index < -0.39 is 5.60 Å². The number of para-hydroxylation sites is 3. The van der Waals surface area contributed by atoms with Crippen LogP contribution in [0.25, 0.3) is 22.3 Å². The number of carbonyl (C=O) groups excluding carboxylic acids is 1. The molecule has 1 amide bonds. The van der Waals surface area contributed by atoms with E-state index in [1.54, 1.807) is 4.90 Å². The van der Waals surface area contributed by atoms with Crippen molar-refractivity contribution in [3.05, 3.63) is 54.2 Å². The maximum atomic E-state index is 12.4. The minimum absolute atomic E-state index is 0.251. The first-order valence-electron chi connectivity index (χ1n) is 11.5. The maximum Gasteiger partial charge on any atom is 0.410 e. The van der Waals surface area contributed by atoms with E-state index in [9.17, 15) is 4.79 Å². The second kappa shape index (κ2) is 9.75. The van der Waals surface area contributed by atoms with Crippen molar-refractivity contribution in [2.75, 3.05) is 32.8 Å². The summed E-state index contributed by atoms with van der Waals surface area (Å²) in [7, 11) is 0. The maximum absolute atomic E-state index is 12.4. The Labute approximate surface area is 195 Å². The van der Waals surface area contributed by atoms with Gasteiger partial charge in [0.05, 0.1) is 29.0 Å². The molecule has 0 radical (unpaired) electrons. The Kier molecular flexibility index (Phi) is 6.79. The molecule has 0 N–H and O–H groups in total. The number of rotatable bonds is 5. The van der Waals surface area contributed by atoms with Crippen molar-refractivity contribution >= 4 is 17.1 Å². The van der Waals surface area contributed by atoms with Crippen molar-refractivity contribution in [2.45, 2.75) is 39.8 Å². The van der Waals surface area contributed by atoms with Gasteiger partial charge in [-0.25, -0.2) is 14.8 Å². The molecule has 0 aliphatic carbocycles. The highest BCUT2D eigenvalue weighted by Gasteiger charge is 2.27. The summed E-state index contributed by atoms with van der Waals surface area (Å²) in [5, 5.41) is 0. The van der Waals surface area contributed by atoms with Gasteiger partial charge in [0.25, 0.3) is 0 Å². The van der Waals surface area contributed by atoms with Gasteiger partial charge < -0.3 is 14.4 Å². The van der Waals surface area contributed by atoms with Gasteiger partial charge in [0.1, 0.15) is 11.4 Å². The predicted octanol–water partition coefficient (Wildman–Crippen LogP) is 4.75. The fraction of sp³-hybridized carbons (Fsp3) is 0.423. The highest BCUT2D eigenvalue weighted by Crippen LogP contribution is 2.32. The third-order valence-corrected chi connectivity index (χ3v) is 5.48. The largest absolute Gasteiger partial charge is 0.493 e. The summed E-state index contributed by atoms with van der Waals surface area (Å²) in [6, 6.07) is 15.9. The van der Waals surface area contributed by atoms with Gasteiger partial charge in [-0.1, -0.05) is 24.3 Å². The Morgan fingerprint density at radius 2 is 1.58 bits per heavy atom. The molecule has 33 heavy (non-hydrogen) atoms. The molecule has 1 aliphatic heterocycles. The van der Waals surface area contributed by atoms with Crippen molar-refractivity contribution < 1.29 is 14.3 Å². The molecule has 7 heteroatoms. The van der Waals surface area contributed by atoms with E-state index >= 15 is 0 Å². The number of hydrogen-bond acceptors (Lipinski definition) is 6. The standard InChI is InChI=1S/C26H32N4O3/c1-5-32-23-13-9-6-10-19(23)24-22(27-20-11-7-8-12-21(20)28-24)18-29-14-16-30(17-15-29)25(31)33-26(2,3)4/h6-13H,5,14-18H2,1-4H3. The summed E-state index contributed by atoms with van der Waals surface area (Å²) in [5.74, 6) is 0.806. The number of ether oxygens (including phenoxy) is 2. The van der Waals surface area contributed by atoms with Crippen LogP contribution >= 0.6 is 0 Å². The molecule has 1 aliphatic rings. The highest BCUT2D eigenvalue weighted by molar-refractivity contribution is 5.80. The predicted molar refractivity (Wildman–Crippen MR) is 129 cm³/mol. The number of benzene rings is 2. The van der Waals surface area contributed by atoms with Gasteiger partial charge in [-0.2, -0.15) is 0 Å². The van der Waals surface area contributed by atoms with Crippen LogP contribution in [0.3, 0.4) is 0 Å². The molecule has 0 atom stereocenters. The van der Waals surface area contributed by atoms with Crippen LogP contribution in [0.15, 0.2) is 48.5 Å². The zero-order valence-corrected chi connectivity index (χ0v) is 19.9. The van der Waals surface area contributed by atoms with Crippen LogP contribution in [0.2, 0.25) is 0 Å². The number of piperazine rings is 1. The molecule has 3 aromatic rings. The van der Waals surface area contributed by atoms with Gasteiger partial charge in [0, 0.05) is 38.3 Å². The second-order valence-electron chi connectivity index (χ2n) is 9.18. The molecular formula is C26H32N4O3. The zero-order chi connectivity index (χ0) is 23.4. The van der Waals surface area contributed by atoms with Crippen molar-refractivity contribution in [3.63, 3.8) is 0 Å². The van der Waals surface area contributed by atoms with E-state index in [0.29, 0.717) is 26.2 Å². The molecule has 0 spiro atoms. The minimum Gasteiger partial charge on any atom is -0.493 e. The Balaban J connectivity index is 1.58. The lowest BCUT2D eigenvalue weighted by Gasteiger charge is -2.35. The summed E-state index contributed by atoms with van der Waals surface area (Å²) in [5.41, 5.74) is 3.94. The molecule has 0 saturated carbocycles. The number of aromatic nitrogens is 2. The van der Waals surface area contributed by atoms with Crippen LogP contribution in [0.4, 0.5) is 4.79 Å². The lowest BCUT2D eigenvalue weighted by atomic mass is 10.1. The summed E-state index contributed by atoms with van der Waals surface area (Å²) in [4.78, 5) is 26.5. The summed E-state index contributed by atoms with van der Waals surface area (Å²) >= 11 is 0. The quantitative estimate of drug-likeness (QED) is 0.561. The first kappa shape index (κ1) is 23.0. The fourth-order valence-electron chi connectivity index (χ4n) is 3.93. The molecule has 1 saturated heterocycles. The van der Waals surface area contributed by atoms with E-state index in [0.717, 1.165) is 46.8 Å². The van der Waals surface area contributed by atoms with Crippen molar-refractivity contribution in [2.24, 2.45) is 0 Å². The van der Waals surface area contributed by atoms with Crippen molar-refractivity contribution in [1.29, 1.82) is 0 Å². The summed E-state index contributed by atoms with van der Waals surface area (Å²) < 4.78 is 11.4. The monoisotopic (exact) mass is 448 g/mol. The minimum atomic E-state index is -0.488. The average molecular weight is 449 g/mol. The van der Waals surface area contributed by atoms with Gasteiger partial charge in [-0.3, -0.25) is 4.90 Å². The lowest BCUT2D eigenvalue weighted by Crippen LogP contribution is -2.49. The van der Waals surface area contributed by atoms with Crippen molar-refractivity contribution in [1.82, 2.24) is 19.8 Å². The SMILES string of the molecule is CCOc1ccccc1-c1nc2ccccc2nc1CN1CCN(C(=O)OC(C)(C)C)CC1. The second-order valence-corrected chi connectivity index (χ2v) is 9.18. The van der Waals surface area contributed by atoms with Gasteiger partial charge in [0.15, 0.2) is 0 Å². The molecule has 7 nitrogen and oxygen atoms in total. The molecule has 1 fully saturated rings. The van der Waals surface area contributed by atoms with Gasteiger partial charge in [0.2, 0.25) is 0 Å². The van der Waals surface area contributed by atoms with Crippen LogP contribution in [0, 0.1) is 0 Å². The molecule has 2 aromatic carbocycles. The van der Waals surface area contributed by atoms with E-state index in [4.69, 9.17) is 19.4 Å². The van der Waals surface area contributed by atoms with Crippen LogP contribution in [0.1, 0.15) is 33.4 Å². The third-order valence-electron chi connectivity index (χ3n) is 5.48. The Morgan fingerprint density at radius 3 is 2.24 bits per heavy atom. The number of nitrogens with zero attached hydrogens (tertiary/aromatic N) is 4. The normalized spacial score (nSPS) is 15.0. The lowest BCUT2D eigenvalue weighted by molar-refractivity contribution is 0.0138. The number of fused-ring (bicyclic) bond motifs is 1.